The molecule has 0 N–H and O–H groups in total. The van der Waals surface area contributed by atoms with E-state index in [0.29, 0.717) is 0 Å². The molecule has 0 bridgehead atoms. The summed E-state index contributed by atoms with van der Waals surface area (Å²) in [6, 6.07) is 25.2. The molecule has 0 unspecified atom stereocenters. The van der Waals surface area contributed by atoms with Gasteiger partial charge in [-0.25, -0.2) is 0 Å². The Hall–Kier alpha value is -1.39. The van der Waals surface area contributed by atoms with Gasteiger partial charge in [0, 0.05) is 0 Å². The predicted molar refractivity (Wildman–Crippen MR) is 98.9 cm³/mol. The van der Waals surface area contributed by atoms with Gasteiger partial charge >= 0.3 is 0 Å². The van der Waals surface area contributed by atoms with Crippen LogP contribution in [0.5, 0.6) is 0 Å². The fourth-order valence-electron chi connectivity index (χ4n) is 3.46. The summed E-state index contributed by atoms with van der Waals surface area (Å²) in [4.78, 5) is 0. The fourth-order valence-corrected chi connectivity index (χ4v) is 11.8. The Kier molecular flexibility index (Phi) is 3.76. The monoisotopic (exact) mass is 308 g/mol. The highest BCUT2D eigenvalue weighted by atomic mass is 28.3. The van der Waals surface area contributed by atoms with Crippen LogP contribution in [0.25, 0.3) is 0 Å². The summed E-state index contributed by atoms with van der Waals surface area (Å²) in [7, 11) is -2.80. The van der Waals surface area contributed by atoms with E-state index < -0.39 is 16.1 Å². The molecule has 0 saturated carbocycles. The lowest BCUT2D eigenvalue weighted by Gasteiger charge is -2.30. The molecular weight excluding hydrogens is 284 g/mol. The summed E-state index contributed by atoms with van der Waals surface area (Å²) in [6.07, 6.45) is 2.60. The van der Waals surface area contributed by atoms with Gasteiger partial charge in [-0.1, -0.05) is 102 Å². The lowest BCUT2D eigenvalue weighted by molar-refractivity contribution is 1.50. The van der Waals surface area contributed by atoms with Crippen LogP contribution in [0.15, 0.2) is 71.9 Å². The second kappa shape index (κ2) is 5.43. The minimum atomic E-state index is -1.62. The normalized spacial score (nSPS) is 17.6. The van der Waals surface area contributed by atoms with Crippen LogP contribution in [0, 0.1) is 0 Å². The summed E-state index contributed by atoms with van der Waals surface area (Å²) >= 11 is 0. The summed E-state index contributed by atoms with van der Waals surface area (Å²) in [5.41, 5.74) is 0. The lowest BCUT2D eigenvalue weighted by atomic mass is 10.4. The molecule has 0 atom stereocenters. The summed E-state index contributed by atoms with van der Waals surface area (Å²) in [6.45, 7) is 7.46. The van der Waals surface area contributed by atoms with Crippen LogP contribution in [0.2, 0.25) is 31.7 Å². The minimum absolute atomic E-state index is 1.18. The molecule has 0 aromatic heterocycles. The van der Waals surface area contributed by atoms with Gasteiger partial charge in [-0.3, -0.25) is 0 Å². The molecule has 1 aliphatic heterocycles. The van der Waals surface area contributed by atoms with Crippen LogP contribution < -0.4 is 10.4 Å². The van der Waals surface area contributed by atoms with Gasteiger partial charge < -0.3 is 0 Å². The fraction of sp³-hybridized carbons (Fsp3) is 0.263. The Morgan fingerprint density at radius 2 is 1.24 bits per heavy atom. The first-order chi connectivity index (χ1) is 10.0. The van der Waals surface area contributed by atoms with Crippen molar-refractivity contribution in [2.75, 3.05) is 0 Å². The Labute approximate surface area is 130 Å². The molecule has 1 heterocycles. The molecule has 2 heteroatoms. The van der Waals surface area contributed by atoms with Crippen molar-refractivity contribution >= 4 is 26.5 Å². The van der Waals surface area contributed by atoms with Gasteiger partial charge in [0.25, 0.3) is 0 Å². The quantitative estimate of drug-likeness (QED) is 0.750. The number of allylic oxidation sites excluding steroid dienone is 2. The average molecular weight is 309 g/mol. The van der Waals surface area contributed by atoms with Gasteiger partial charge in [-0.05, 0) is 12.1 Å². The molecule has 0 amide bonds. The van der Waals surface area contributed by atoms with Crippen molar-refractivity contribution in [2.45, 2.75) is 31.7 Å². The predicted octanol–water partition coefficient (Wildman–Crippen LogP) is 4.07. The maximum Gasteiger partial charge on any atom is 0.125 e. The van der Waals surface area contributed by atoms with Gasteiger partial charge in [0.15, 0.2) is 0 Å². The van der Waals surface area contributed by atoms with E-state index in [0.717, 1.165) is 0 Å². The maximum absolute atomic E-state index is 2.60. The van der Waals surface area contributed by atoms with E-state index in [2.05, 4.69) is 86.4 Å². The SMILES string of the molecule is C[Si](C)(C)C1=CC[Si](c2ccccc2)(c2ccccc2)C1. The van der Waals surface area contributed by atoms with E-state index in [1.54, 1.807) is 15.6 Å². The molecule has 21 heavy (non-hydrogen) atoms. The van der Waals surface area contributed by atoms with Crippen molar-refractivity contribution in [2.24, 2.45) is 0 Å². The van der Waals surface area contributed by atoms with Crippen LogP contribution in [0.3, 0.4) is 0 Å². The number of hydrogen-bond acceptors (Lipinski definition) is 0. The second-order valence-corrected chi connectivity index (χ2v) is 16.4. The van der Waals surface area contributed by atoms with Gasteiger partial charge in [0.1, 0.15) is 8.07 Å². The Bertz CT molecular complexity index is 597. The zero-order chi connectivity index (χ0) is 14.9. The highest BCUT2D eigenvalue weighted by Gasteiger charge is 2.42. The molecule has 108 valence electrons. The van der Waals surface area contributed by atoms with Gasteiger partial charge in [0.2, 0.25) is 0 Å². The second-order valence-electron chi connectivity index (χ2n) is 7.17. The number of rotatable bonds is 3. The van der Waals surface area contributed by atoms with E-state index >= 15 is 0 Å². The summed E-state index contributed by atoms with van der Waals surface area (Å²) in [5.74, 6) is 0. The van der Waals surface area contributed by atoms with Crippen molar-refractivity contribution in [1.82, 2.24) is 0 Å². The van der Waals surface area contributed by atoms with Crippen molar-refractivity contribution in [1.29, 1.82) is 0 Å². The third kappa shape index (κ3) is 2.70. The third-order valence-electron chi connectivity index (χ3n) is 4.81. The van der Waals surface area contributed by atoms with E-state index in [-0.39, 0.29) is 0 Å². The Balaban J connectivity index is 2.08. The zero-order valence-corrected chi connectivity index (χ0v) is 15.3. The number of hydrogen-bond donors (Lipinski definition) is 0. The summed E-state index contributed by atoms with van der Waals surface area (Å²) in [5, 5.41) is 4.98. The topological polar surface area (TPSA) is 0 Å². The first kappa shape index (κ1) is 14.5. The molecule has 2 aromatic rings. The van der Waals surface area contributed by atoms with Crippen LogP contribution in [-0.2, 0) is 0 Å². The van der Waals surface area contributed by atoms with Crippen molar-refractivity contribution in [3.05, 3.63) is 71.9 Å². The molecule has 1 aliphatic rings. The average Bonchev–Trinajstić information content (AvgIpc) is 2.96. The van der Waals surface area contributed by atoms with Crippen molar-refractivity contribution in [3.8, 4) is 0 Å². The van der Waals surface area contributed by atoms with Crippen molar-refractivity contribution < 1.29 is 0 Å². The van der Waals surface area contributed by atoms with Crippen LogP contribution in [0.4, 0.5) is 0 Å². The molecular formula is C19H24Si2. The van der Waals surface area contributed by atoms with Crippen LogP contribution in [0.1, 0.15) is 0 Å². The van der Waals surface area contributed by atoms with E-state index in [4.69, 9.17) is 0 Å². The molecule has 0 saturated heterocycles. The Morgan fingerprint density at radius 3 is 1.62 bits per heavy atom. The molecule has 3 rings (SSSR count). The summed E-state index contributed by atoms with van der Waals surface area (Å²) < 4.78 is 0. The molecule has 0 fully saturated rings. The third-order valence-corrected chi connectivity index (χ3v) is 12.2. The minimum Gasteiger partial charge on any atom is -0.0914 e. The molecule has 2 aromatic carbocycles. The molecule has 0 nitrogen and oxygen atoms in total. The van der Waals surface area contributed by atoms with E-state index in [1.165, 1.54) is 12.1 Å². The number of benzene rings is 2. The van der Waals surface area contributed by atoms with Gasteiger partial charge in [-0.2, -0.15) is 0 Å². The maximum atomic E-state index is 2.60. The largest absolute Gasteiger partial charge is 0.125 e. The Morgan fingerprint density at radius 1 is 0.762 bits per heavy atom. The smallest absolute Gasteiger partial charge is 0.0914 e. The molecule has 0 spiro atoms. The van der Waals surface area contributed by atoms with Crippen LogP contribution in [-0.4, -0.2) is 16.1 Å². The first-order valence-corrected chi connectivity index (χ1v) is 13.7. The van der Waals surface area contributed by atoms with Gasteiger partial charge in [0.05, 0.1) is 8.07 Å². The zero-order valence-electron chi connectivity index (χ0n) is 13.3. The van der Waals surface area contributed by atoms with E-state index in [9.17, 15) is 0 Å². The molecule has 0 aliphatic carbocycles. The first-order valence-electron chi connectivity index (χ1n) is 7.83. The van der Waals surface area contributed by atoms with Crippen LogP contribution >= 0.6 is 0 Å². The highest BCUT2D eigenvalue weighted by molar-refractivity contribution is 7.05. The highest BCUT2D eigenvalue weighted by Crippen LogP contribution is 2.34. The van der Waals surface area contributed by atoms with Gasteiger partial charge in [-0.15, -0.1) is 0 Å². The standard InChI is InChI=1S/C19H24Si2/c1-20(2,3)19-14-15-21(16-19,17-10-6-4-7-11-17)18-12-8-5-9-13-18/h4-14H,15-16H2,1-3H3. The lowest BCUT2D eigenvalue weighted by Crippen LogP contribution is -2.56. The van der Waals surface area contributed by atoms with E-state index in [1.807, 2.05) is 0 Å². The molecule has 0 radical (unpaired) electrons. The van der Waals surface area contributed by atoms with Crippen molar-refractivity contribution in [3.63, 3.8) is 0 Å².